The lowest BCUT2D eigenvalue weighted by molar-refractivity contribution is 0.322. The fourth-order valence-electron chi connectivity index (χ4n) is 3.43. The van der Waals surface area contributed by atoms with Gasteiger partial charge in [-0.15, -0.1) is 24.8 Å². The van der Waals surface area contributed by atoms with E-state index < -0.39 is 14.8 Å². The number of aromatic nitrogens is 1. The van der Waals surface area contributed by atoms with Crippen molar-refractivity contribution >= 4 is 40.5 Å². The van der Waals surface area contributed by atoms with E-state index in [9.17, 15) is 8.42 Å². The van der Waals surface area contributed by atoms with Crippen LogP contribution in [-0.4, -0.2) is 30.3 Å². The molecule has 0 aliphatic heterocycles. The molecule has 8 heteroatoms. The van der Waals surface area contributed by atoms with Gasteiger partial charge in [-0.2, -0.15) is 0 Å². The first-order chi connectivity index (χ1) is 12.7. The highest BCUT2D eigenvalue weighted by Gasteiger charge is 2.32. The van der Waals surface area contributed by atoms with Crippen LogP contribution in [0, 0.1) is 5.92 Å². The molecule has 0 spiro atoms. The molecule has 2 aromatic rings. The van der Waals surface area contributed by atoms with Crippen molar-refractivity contribution in [1.82, 2.24) is 9.29 Å². The van der Waals surface area contributed by atoms with E-state index in [0.29, 0.717) is 5.92 Å². The summed E-state index contributed by atoms with van der Waals surface area (Å²) in [5.41, 5.74) is 2.27. The lowest BCUT2D eigenvalue weighted by atomic mass is 9.86. The summed E-state index contributed by atoms with van der Waals surface area (Å²) in [4.78, 5) is 0. The Morgan fingerprint density at radius 2 is 1.62 bits per heavy atom. The van der Waals surface area contributed by atoms with Crippen LogP contribution >= 0.6 is 24.8 Å². The van der Waals surface area contributed by atoms with Crippen LogP contribution in [0.5, 0.6) is 0 Å². The Labute approximate surface area is 187 Å². The fraction of sp³-hybridized carbons (Fsp3) is 0.524. The molecule has 1 fully saturated rings. The monoisotopic (exact) mass is 461 g/mol. The van der Waals surface area contributed by atoms with E-state index in [4.69, 9.17) is 0 Å². The molecular weight excluding hydrogens is 429 g/mol. The summed E-state index contributed by atoms with van der Waals surface area (Å²) >= 11 is 0. The molecule has 0 saturated heterocycles. The normalized spacial score (nSPS) is 19.7. The molecule has 1 aliphatic rings. The molecule has 0 unspecified atom stereocenters. The van der Waals surface area contributed by atoms with Crippen LogP contribution in [0.15, 0.2) is 48.8 Å². The standard InChI is InChI=1S/C21H31N3O2S.2ClH/c1-21(2,3)27(25,26)23-18-11-9-17(10-12-18)16-22-19-7-6-8-20(15-19)24-13-4-5-14-24;;/h4-8,13-15,17-18,22-23H,9-12,16H2,1-3H3;2*1H. The molecule has 2 N–H and O–H groups in total. The topological polar surface area (TPSA) is 63.1 Å². The molecule has 0 atom stereocenters. The van der Waals surface area contributed by atoms with E-state index in [1.807, 2.05) is 24.5 Å². The van der Waals surface area contributed by atoms with E-state index in [-0.39, 0.29) is 30.9 Å². The van der Waals surface area contributed by atoms with Gasteiger partial charge in [0.2, 0.25) is 10.0 Å². The molecule has 0 amide bonds. The van der Waals surface area contributed by atoms with E-state index in [2.05, 4.69) is 38.9 Å². The molecule has 1 saturated carbocycles. The number of rotatable bonds is 6. The van der Waals surface area contributed by atoms with Gasteiger partial charge >= 0.3 is 0 Å². The molecule has 1 heterocycles. The number of sulfonamides is 1. The van der Waals surface area contributed by atoms with Gasteiger partial charge in [0, 0.05) is 36.4 Å². The van der Waals surface area contributed by atoms with Gasteiger partial charge in [-0.1, -0.05) is 6.07 Å². The molecule has 1 aliphatic carbocycles. The number of anilines is 1. The van der Waals surface area contributed by atoms with E-state index >= 15 is 0 Å². The lowest BCUT2D eigenvalue weighted by Crippen LogP contribution is -2.46. The summed E-state index contributed by atoms with van der Waals surface area (Å²) in [5.74, 6) is 0.579. The van der Waals surface area contributed by atoms with Crippen molar-refractivity contribution in [1.29, 1.82) is 0 Å². The Morgan fingerprint density at radius 3 is 2.21 bits per heavy atom. The van der Waals surface area contributed by atoms with Crippen molar-refractivity contribution in [2.75, 3.05) is 11.9 Å². The van der Waals surface area contributed by atoms with Gasteiger partial charge in [0.25, 0.3) is 0 Å². The summed E-state index contributed by atoms with van der Waals surface area (Å²) in [6.07, 6.45) is 7.98. The summed E-state index contributed by atoms with van der Waals surface area (Å²) in [6.45, 7) is 6.15. The van der Waals surface area contributed by atoms with Crippen molar-refractivity contribution in [2.24, 2.45) is 5.92 Å². The third-order valence-corrected chi connectivity index (χ3v) is 7.57. The molecule has 3 rings (SSSR count). The van der Waals surface area contributed by atoms with Gasteiger partial charge in [-0.3, -0.25) is 0 Å². The average Bonchev–Trinajstić information content (AvgIpc) is 3.15. The SMILES string of the molecule is CC(C)(C)S(=O)(=O)NC1CCC(CNc2cccc(-n3cccc3)c2)CC1.Cl.Cl. The molecule has 1 aromatic heterocycles. The third kappa shape index (κ3) is 6.92. The highest BCUT2D eigenvalue weighted by Crippen LogP contribution is 2.27. The maximum absolute atomic E-state index is 12.3. The van der Waals surface area contributed by atoms with Gasteiger partial charge in [-0.25, -0.2) is 13.1 Å². The van der Waals surface area contributed by atoms with Gasteiger partial charge < -0.3 is 9.88 Å². The Bertz CT molecular complexity index is 841. The summed E-state index contributed by atoms with van der Waals surface area (Å²) in [5, 5.41) is 3.55. The van der Waals surface area contributed by atoms with Crippen LogP contribution in [0.25, 0.3) is 5.69 Å². The average molecular weight is 462 g/mol. The number of benzene rings is 1. The Balaban J connectivity index is 0.00000210. The van der Waals surface area contributed by atoms with Crippen molar-refractivity contribution in [3.8, 4) is 5.69 Å². The number of nitrogens with one attached hydrogen (secondary N) is 2. The number of nitrogens with zero attached hydrogens (tertiary/aromatic N) is 1. The summed E-state index contributed by atoms with van der Waals surface area (Å²) in [7, 11) is -3.26. The molecule has 5 nitrogen and oxygen atoms in total. The second kappa shape index (κ2) is 10.7. The minimum Gasteiger partial charge on any atom is -0.385 e. The largest absolute Gasteiger partial charge is 0.385 e. The number of hydrogen-bond acceptors (Lipinski definition) is 3. The Hall–Kier alpha value is -1.21. The molecule has 1 aromatic carbocycles. The number of halogens is 2. The van der Waals surface area contributed by atoms with Crippen molar-refractivity contribution in [3.05, 3.63) is 48.8 Å². The van der Waals surface area contributed by atoms with Crippen molar-refractivity contribution < 1.29 is 8.42 Å². The van der Waals surface area contributed by atoms with Gasteiger partial charge in [0.1, 0.15) is 0 Å². The van der Waals surface area contributed by atoms with Crippen LogP contribution in [0.1, 0.15) is 46.5 Å². The minimum atomic E-state index is -3.26. The van der Waals surface area contributed by atoms with Gasteiger partial charge in [0.15, 0.2) is 0 Å². The lowest BCUT2D eigenvalue weighted by Gasteiger charge is -2.31. The van der Waals surface area contributed by atoms with Crippen LogP contribution in [0.3, 0.4) is 0 Å². The highest BCUT2D eigenvalue weighted by molar-refractivity contribution is 7.90. The highest BCUT2D eigenvalue weighted by atomic mass is 35.5. The first kappa shape index (κ1) is 25.8. The van der Waals surface area contributed by atoms with Gasteiger partial charge in [-0.05, 0) is 82.7 Å². The molecule has 0 bridgehead atoms. The van der Waals surface area contributed by atoms with Crippen molar-refractivity contribution in [3.63, 3.8) is 0 Å². The second-order valence-electron chi connectivity index (χ2n) is 8.47. The Morgan fingerprint density at radius 1 is 1.00 bits per heavy atom. The van der Waals surface area contributed by atoms with E-state index in [1.165, 1.54) is 0 Å². The zero-order chi connectivity index (χ0) is 19.5. The fourth-order valence-corrected chi connectivity index (χ4v) is 4.45. The van der Waals surface area contributed by atoms with E-state index in [0.717, 1.165) is 43.6 Å². The predicted molar refractivity (Wildman–Crippen MR) is 126 cm³/mol. The molecular formula is C21H33Cl2N3O2S. The van der Waals surface area contributed by atoms with Crippen molar-refractivity contribution in [2.45, 2.75) is 57.2 Å². The molecule has 164 valence electrons. The van der Waals surface area contributed by atoms with E-state index in [1.54, 1.807) is 20.8 Å². The maximum Gasteiger partial charge on any atom is 0.216 e. The third-order valence-electron chi connectivity index (χ3n) is 5.32. The van der Waals surface area contributed by atoms with Crippen LogP contribution in [0.4, 0.5) is 5.69 Å². The first-order valence-corrected chi connectivity index (χ1v) is 11.2. The first-order valence-electron chi connectivity index (χ1n) is 9.74. The molecule has 0 radical (unpaired) electrons. The second-order valence-corrected chi connectivity index (χ2v) is 10.9. The predicted octanol–water partition coefficient (Wildman–Crippen LogP) is 5.01. The summed E-state index contributed by atoms with van der Waals surface area (Å²) in [6, 6.07) is 12.5. The smallest absolute Gasteiger partial charge is 0.216 e. The van der Waals surface area contributed by atoms with Gasteiger partial charge in [0.05, 0.1) is 4.75 Å². The minimum absolute atomic E-state index is 0. The zero-order valence-electron chi connectivity index (χ0n) is 17.3. The van der Waals surface area contributed by atoms with Crippen LogP contribution < -0.4 is 10.0 Å². The molecule has 29 heavy (non-hydrogen) atoms. The van der Waals surface area contributed by atoms with Crippen LogP contribution in [-0.2, 0) is 10.0 Å². The number of hydrogen-bond donors (Lipinski definition) is 2. The van der Waals surface area contributed by atoms with Crippen LogP contribution in [0.2, 0.25) is 0 Å². The summed E-state index contributed by atoms with van der Waals surface area (Å²) < 4.78 is 28.9. The zero-order valence-corrected chi connectivity index (χ0v) is 19.7. The maximum atomic E-state index is 12.3. The quantitative estimate of drug-likeness (QED) is 0.635. The Kier molecular flexibility index (Phi) is 9.54.